The fourth-order valence-corrected chi connectivity index (χ4v) is 2.57. The number of benzene rings is 2. The molecular formula is C17H14ClN3O4. The number of aromatic nitrogens is 1. The molecule has 3 rings (SSSR count). The first-order valence-corrected chi connectivity index (χ1v) is 7.80. The van der Waals surface area contributed by atoms with E-state index in [1.807, 2.05) is 0 Å². The van der Waals surface area contributed by atoms with E-state index in [1.54, 1.807) is 30.3 Å². The second-order valence-corrected chi connectivity index (χ2v) is 5.81. The summed E-state index contributed by atoms with van der Waals surface area (Å²) in [7, 11) is 0. The average molecular weight is 360 g/mol. The number of anilines is 1. The van der Waals surface area contributed by atoms with Crippen LogP contribution in [0.3, 0.4) is 0 Å². The van der Waals surface area contributed by atoms with Crippen molar-refractivity contribution in [3.05, 3.63) is 63.6 Å². The molecule has 0 radical (unpaired) electrons. The molecule has 8 heteroatoms. The standard InChI is InChI=1S/C17H14ClN3O4/c18-11-3-6-14-13(9-11)21(17(24)25-14)8-7-15(22)20-12-4-1-10(2-5-12)16(19)23/h1-6,9H,7-8H2,(H2,19,23)(H,20,22). The van der Waals surface area contributed by atoms with E-state index >= 15 is 0 Å². The summed E-state index contributed by atoms with van der Waals surface area (Å²) in [6.07, 6.45) is 0.0681. The van der Waals surface area contributed by atoms with Crippen LogP contribution in [0, 0.1) is 0 Å². The predicted octanol–water partition coefficient (Wildman–Crippen LogP) is 2.38. The minimum Gasteiger partial charge on any atom is -0.408 e. The lowest BCUT2D eigenvalue weighted by molar-refractivity contribution is -0.116. The third-order valence-corrected chi connectivity index (χ3v) is 3.88. The maximum atomic E-state index is 12.1. The van der Waals surface area contributed by atoms with E-state index in [9.17, 15) is 14.4 Å². The Labute approximate surface area is 147 Å². The van der Waals surface area contributed by atoms with E-state index in [-0.39, 0.29) is 18.9 Å². The fraction of sp³-hybridized carbons (Fsp3) is 0.118. The van der Waals surface area contributed by atoms with Crippen LogP contribution in [0.15, 0.2) is 51.7 Å². The van der Waals surface area contributed by atoms with Crippen molar-refractivity contribution in [2.45, 2.75) is 13.0 Å². The van der Waals surface area contributed by atoms with Crippen molar-refractivity contribution in [1.29, 1.82) is 0 Å². The van der Waals surface area contributed by atoms with Crippen molar-refractivity contribution < 1.29 is 14.0 Å². The maximum Gasteiger partial charge on any atom is 0.419 e. The molecule has 1 heterocycles. The molecule has 3 aromatic rings. The summed E-state index contributed by atoms with van der Waals surface area (Å²) in [6, 6.07) is 11.0. The highest BCUT2D eigenvalue weighted by molar-refractivity contribution is 6.31. The van der Waals surface area contributed by atoms with Crippen LogP contribution in [-0.2, 0) is 11.3 Å². The van der Waals surface area contributed by atoms with Gasteiger partial charge in [0.1, 0.15) is 0 Å². The Bertz CT molecular complexity index is 1000. The van der Waals surface area contributed by atoms with Crippen LogP contribution in [0.4, 0.5) is 5.69 Å². The molecule has 7 nitrogen and oxygen atoms in total. The van der Waals surface area contributed by atoms with Crippen molar-refractivity contribution in [3.63, 3.8) is 0 Å². The van der Waals surface area contributed by atoms with Crippen molar-refractivity contribution in [2.24, 2.45) is 5.73 Å². The maximum absolute atomic E-state index is 12.1. The summed E-state index contributed by atoms with van der Waals surface area (Å²) in [5.74, 6) is -1.37. The Balaban J connectivity index is 1.68. The lowest BCUT2D eigenvalue weighted by Gasteiger charge is -2.06. The zero-order valence-electron chi connectivity index (χ0n) is 13.0. The number of nitrogens with one attached hydrogen (secondary N) is 1. The minimum atomic E-state index is -0.545. The molecule has 0 bridgehead atoms. The molecule has 25 heavy (non-hydrogen) atoms. The topological polar surface area (TPSA) is 107 Å². The number of rotatable bonds is 5. The number of carbonyl (C=O) groups excluding carboxylic acids is 2. The van der Waals surface area contributed by atoms with Gasteiger partial charge in [-0.1, -0.05) is 11.6 Å². The molecule has 0 atom stereocenters. The number of halogens is 1. The SMILES string of the molecule is NC(=O)c1ccc(NC(=O)CCn2c(=O)oc3ccc(Cl)cc32)cc1. The summed E-state index contributed by atoms with van der Waals surface area (Å²) < 4.78 is 6.47. The molecule has 0 spiro atoms. The first-order valence-electron chi connectivity index (χ1n) is 7.42. The van der Waals surface area contributed by atoms with Crippen molar-refractivity contribution in [2.75, 3.05) is 5.32 Å². The number of nitrogens with zero attached hydrogens (tertiary/aromatic N) is 1. The van der Waals surface area contributed by atoms with E-state index in [4.69, 9.17) is 21.8 Å². The van der Waals surface area contributed by atoms with Crippen LogP contribution in [0.25, 0.3) is 11.1 Å². The number of hydrogen-bond donors (Lipinski definition) is 2. The molecule has 128 valence electrons. The van der Waals surface area contributed by atoms with Gasteiger partial charge in [-0.15, -0.1) is 0 Å². The molecule has 0 saturated heterocycles. The lowest BCUT2D eigenvalue weighted by Crippen LogP contribution is -2.20. The van der Waals surface area contributed by atoms with Gasteiger partial charge < -0.3 is 15.5 Å². The van der Waals surface area contributed by atoms with E-state index < -0.39 is 11.7 Å². The molecule has 0 fully saturated rings. The van der Waals surface area contributed by atoms with E-state index in [2.05, 4.69) is 5.32 Å². The Morgan fingerprint density at radius 2 is 1.88 bits per heavy atom. The Hall–Kier alpha value is -3.06. The van der Waals surface area contributed by atoms with Crippen LogP contribution in [0.1, 0.15) is 16.8 Å². The van der Waals surface area contributed by atoms with Crippen molar-refractivity contribution in [3.8, 4) is 0 Å². The third-order valence-electron chi connectivity index (χ3n) is 3.65. The summed E-state index contributed by atoms with van der Waals surface area (Å²) in [5, 5.41) is 3.16. The quantitative estimate of drug-likeness (QED) is 0.729. The smallest absolute Gasteiger partial charge is 0.408 e. The molecular weight excluding hydrogens is 346 g/mol. The van der Waals surface area contributed by atoms with Gasteiger partial charge in [0, 0.05) is 29.2 Å². The molecule has 0 aliphatic heterocycles. The van der Waals surface area contributed by atoms with Crippen LogP contribution in [0.2, 0.25) is 5.02 Å². The Morgan fingerprint density at radius 1 is 1.16 bits per heavy atom. The zero-order valence-corrected chi connectivity index (χ0v) is 13.7. The minimum absolute atomic E-state index is 0.0681. The molecule has 0 unspecified atom stereocenters. The van der Waals surface area contributed by atoms with Crippen LogP contribution < -0.4 is 16.8 Å². The predicted molar refractivity (Wildman–Crippen MR) is 93.7 cm³/mol. The van der Waals surface area contributed by atoms with Gasteiger partial charge >= 0.3 is 5.76 Å². The lowest BCUT2D eigenvalue weighted by atomic mass is 10.2. The number of hydrogen-bond acceptors (Lipinski definition) is 4. The van der Waals surface area contributed by atoms with Gasteiger partial charge in [-0.2, -0.15) is 0 Å². The first kappa shape index (κ1) is 16.8. The van der Waals surface area contributed by atoms with Gasteiger partial charge in [0.25, 0.3) is 0 Å². The molecule has 1 aromatic heterocycles. The van der Waals surface area contributed by atoms with Crippen LogP contribution in [-0.4, -0.2) is 16.4 Å². The normalized spacial score (nSPS) is 10.8. The van der Waals surface area contributed by atoms with Gasteiger partial charge in [-0.25, -0.2) is 4.79 Å². The number of fused-ring (bicyclic) bond motifs is 1. The first-order chi connectivity index (χ1) is 11.9. The number of amides is 2. The van der Waals surface area contributed by atoms with Gasteiger partial charge in [0.15, 0.2) is 5.58 Å². The summed E-state index contributed by atoms with van der Waals surface area (Å²) in [5.41, 5.74) is 7.00. The zero-order chi connectivity index (χ0) is 18.0. The molecule has 0 aliphatic carbocycles. The third kappa shape index (κ3) is 3.72. The second-order valence-electron chi connectivity index (χ2n) is 5.37. The highest BCUT2D eigenvalue weighted by Crippen LogP contribution is 2.18. The second kappa shape index (κ2) is 6.82. The number of carbonyl (C=O) groups is 2. The van der Waals surface area contributed by atoms with E-state index in [0.29, 0.717) is 27.4 Å². The summed E-state index contributed by atoms with van der Waals surface area (Å²) in [6.45, 7) is 0.150. The van der Waals surface area contributed by atoms with Gasteiger partial charge in [0.2, 0.25) is 11.8 Å². The molecule has 2 amide bonds. The number of oxazole rings is 1. The Kier molecular flexibility index (Phi) is 4.58. The van der Waals surface area contributed by atoms with E-state index in [1.165, 1.54) is 16.7 Å². The van der Waals surface area contributed by atoms with Crippen molar-refractivity contribution in [1.82, 2.24) is 4.57 Å². The molecule has 0 saturated carbocycles. The van der Waals surface area contributed by atoms with Crippen molar-refractivity contribution >= 4 is 40.2 Å². The van der Waals surface area contributed by atoms with Crippen LogP contribution >= 0.6 is 11.6 Å². The highest BCUT2D eigenvalue weighted by Gasteiger charge is 2.11. The van der Waals surface area contributed by atoms with Gasteiger partial charge in [-0.05, 0) is 42.5 Å². The number of primary amides is 1. The van der Waals surface area contributed by atoms with E-state index in [0.717, 1.165) is 0 Å². The fourth-order valence-electron chi connectivity index (χ4n) is 2.40. The summed E-state index contributed by atoms with van der Waals surface area (Å²) >= 11 is 5.94. The largest absolute Gasteiger partial charge is 0.419 e. The number of aryl methyl sites for hydroxylation is 1. The number of nitrogens with two attached hydrogens (primary N) is 1. The monoisotopic (exact) mass is 359 g/mol. The highest BCUT2D eigenvalue weighted by atomic mass is 35.5. The van der Waals surface area contributed by atoms with Gasteiger partial charge in [-0.3, -0.25) is 14.2 Å². The molecule has 3 N–H and O–H groups in total. The summed E-state index contributed by atoms with van der Waals surface area (Å²) in [4.78, 5) is 35.0. The van der Waals surface area contributed by atoms with Gasteiger partial charge in [0.05, 0.1) is 5.52 Å². The van der Waals surface area contributed by atoms with Crippen LogP contribution in [0.5, 0.6) is 0 Å². The average Bonchev–Trinajstić information content (AvgIpc) is 2.88. The molecule has 2 aromatic carbocycles. The molecule has 0 aliphatic rings. The Morgan fingerprint density at radius 3 is 2.56 bits per heavy atom.